The molecular weight excluding hydrogens is 478 g/mol. The van der Waals surface area contributed by atoms with E-state index in [-0.39, 0.29) is 18.3 Å². The molecule has 1 aromatic heterocycles. The fourth-order valence-corrected chi connectivity index (χ4v) is 5.01. The highest BCUT2D eigenvalue weighted by molar-refractivity contribution is 7.20. The first-order valence-corrected chi connectivity index (χ1v) is 13.2. The van der Waals surface area contributed by atoms with Crippen LogP contribution in [0.2, 0.25) is 0 Å². The maximum absolute atomic E-state index is 13.3. The van der Waals surface area contributed by atoms with Crippen molar-refractivity contribution in [1.82, 2.24) is 15.6 Å². The molecule has 2 heterocycles. The summed E-state index contributed by atoms with van der Waals surface area (Å²) in [5.41, 5.74) is 1.69. The summed E-state index contributed by atoms with van der Waals surface area (Å²) in [6.07, 6.45) is 3.23. The number of Topliss-reactive ketones (excluding diaryl/α,β-unsaturated/α-hetero) is 1. The third kappa shape index (κ3) is 7.35. The first kappa shape index (κ1) is 25.8. The second-order valence-electron chi connectivity index (χ2n) is 8.75. The molecule has 1 saturated heterocycles. The van der Waals surface area contributed by atoms with E-state index in [9.17, 15) is 14.4 Å². The maximum atomic E-state index is 13.3. The van der Waals surface area contributed by atoms with E-state index in [2.05, 4.69) is 15.6 Å². The summed E-state index contributed by atoms with van der Waals surface area (Å²) in [7, 11) is 0. The molecule has 0 aliphatic carbocycles. The zero-order chi connectivity index (χ0) is 25.2. The molecule has 8 nitrogen and oxygen atoms in total. The molecule has 0 saturated carbocycles. The number of ether oxygens (including phenoxy) is 2. The number of benzene rings is 2. The van der Waals surface area contributed by atoms with Crippen LogP contribution in [0.5, 0.6) is 0 Å². The lowest BCUT2D eigenvalue weighted by molar-refractivity contribution is -0.136. The van der Waals surface area contributed by atoms with Crippen LogP contribution in [0.25, 0.3) is 10.2 Å². The van der Waals surface area contributed by atoms with Gasteiger partial charge in [-0.05, 0) is 56.2 Å². The fourth-order valence-electron chi connectivity index (χ4n) is 4.05. The van der Waals surface area contributed by atoms with Crippen LogP contribution in [0.15, 0.2) is 54.6 Å². The minimum Gasteiger partial charge on any atom is -0.445 e. The molecule has 1 unspecified atom stereocenters. The van der Waals surface area contributed by atoms with Gasteiger partial charge in [-0.2, -0.15) is 0 Å². The number of aromatic nitrogens is 1. The first-order valence-electron chi connectivity index (χ1n) is 12.4. The van der Waals surface area contributed by atoms with Crippen LogP contribution in [-0.2, 0) is 20.9 Å². The van der Waals surface area contributed by atoms with Crippen molar-refractivity contribution in [3.8, 4) is 0 Å². The number of unbranched alkanes of at least 4 members (excludes halogenated alkanes) is 1. The topological polar surface area (TPSA) is 107 Å². The van der Waals surface area contributed by atoms with Gasteiger partial charge in [0.05, 0.1) is 16.3 Å². The van der Waals surface area contributed by atoms with Crippen molar-refractivity contribution in [2.24, 2.45) is 0 Å². The van der Waals surface area contributed by atoms with E-state index < -0.39 is 18.2 Å². The van der Waals surface area contributed by atoms with Gasteiger partial charge in [0, 0.05) is 13.2 Å². The molecule has 4 rings (SSSR count). The molecule has 190 valence electrons. The SMILES string of the molecule is O=C(NCCCC[C@H](NC(=O)C1CCCCO1)C(=O)c1nc2ccccc2s1)OCc1ccccc1. The molecule has 2 atom stereocenters. The number of amides is 2. The predicted molar refractivity (Wildman–Crippen MR) is 138 cm³/mol. The summed E-state index contributed by atoms with van der Waals surface area (Å²) < 4.78 is 11.7. The van der Waals surface area contributed by atoms with Crippen molar-refractivity contribution in [1.29, 1.82) is 0 Å². The van der Waals surface area contributed by atoms with Gasteiger partial charge in [0.1, 0.15) is 12.7 Å². The Morgan fingerprint density at radius 3 is 2.64 bits per heavy atom. The number of rotatable bonds is 11. The molecule has 36 heavy (non-hydrogen) atoms. The Morgan fingerprint density at radius 1 is 1.06 bits per heavy atom. The van der Waals surface area contributed by atoms with E-state index in [1.165, 1.54) is 11.3 Å². The summed E-state index contributed by atoms with van der Waals surface area (Å²) in [4.78, 5) is 42.6. The van der Waals surface area contributed by atoms with E-state index in [4.69, 9.17) is 9.47 Å². The Balaban J connectivity index is 1.29. The summed E-state index contributed by atoms with van der Waals surface area (Å²) in [6.45, 7) is 1.18. The zero-order valence-corrected chi connectivity index (χ0v) is 20.9. The lowest BCUT2D eigenvalue weighted by Gasteiger charge is -2.24. The van der Waals surface area contributed by atoms with Gasteiger partial charge in [-0.25, -0.2) is 9.78 Å². The van der Waals surface area contributed by atoms with Crippen molar-refractivity contribution in [3.63, 3.8) is 0 Å². The van der Waals surface area contributed by atoms with Gasteiger partial charge in [0.15, 0.2) is 5.01 Å². The van der Waals surface area contributed by atoms with Crippen molar-refractivity contribution >= 4 is 39.3 Å². The number of nitrogens with one attached hydrogen (secondary N) is 2. The summed E-state index contributed by atoms with van der Waals surface area (Å²) in [6, 6.07) is 16.4. The van der Waals surface area contributed by atoms with Crippen LogP contribution < -0.4 is 10.6 Å². The van der Waals surface area contributed by atoms with Gasteiger partial charge in [-0.1, -0.05) is 42.5 Å². The third-order valence-corrected chi connectivity index (χ3v) is 7.06. The fraction of sp³-hybridized carbons (Fsp3) is 0.407. The number of ketones is 1. The number of thiazole rings is 1. The average molecular weight is 510 g/mol. The van der Waals surface area contributed by atoms with E-state index in [0.29, 0.717) is 43.8 Å². The minimum atomic E-state index is -0.700. The Labute approximate surface area is 214 Å². The number of fused-ring (bicyclic) bond motifs is 1. The van der Waals surface area contributed by atoms with Crippen molar-refractivity contribution in [2.45, 2.75) is 57.3 Å². The molecule has 3 aromatic rings. The maximum Gasteiger partial charge on any atom is 0.407 e. The molecule has 9 heteroatoms. The van der Waals surface area contributed by atoms with Gasteiger partial charge in [-0.3, -0.25) is 9.59 Å². The van der Waals surface area contributed by atoms with Crippen LogP contribution in [0.3, 0.4) is 0 Å². The molecule has 0 spiro atoms. The van der Waals surface area contributed by atoms with E-state index in [1.54, 1.807) is 0 Å². The van der Waals surface area contributed by atoms with Crippen molar-refractivity contribution in [3.05, 3.63) is 65.2 Å². The van der Waals surface area contributed by atoms with Gasteiger partial charge in [0.25, 0.3) is 0 Å². The molecule has 0 bridgehead atoms. The number of alkyl carbamates (subject to hydrolysis) is 1. The highest BCUT2D eigenvalue weighted by Gasteiger charge is 2.29. The smallest absolute Gasteiger partial charge is 0.407 e. The van der Waals surface area contributed by atoms with E-state index in [1.807, 2.05) is 54.6 Å². The van der Waals surface area contributed by atoms with E-state index in [0.717, 1.165) is 28.6 Å². The molecule has 1 aliphatic heterocycles. The number of hydrogen-bond acceptors (Lipinski definition) is 7. The van der Waals surface area contributed by atoms with Crippen LogP contribution in [0, 0.1) is 0 Å². The van der Waals surface area contributed by atoms with Crippen LogP contribution in [0.1, 0.15) is 53.9 Å². The number of carbonyl (C=O) groups excluding carboxylic acids is 3. The Bertz CT molecular complexity index is 1130. The van der Waals surface area contributed by atoms with Crippen LogP contribution in [-0.4, -0.2) is 48.1 Å². The normalized spacial score (nSPS) is 16.3. The summed E-state index contributed by atoms with van der Waals surface area (Å²) >= 11 is 1.33. The third-order valence-electron chi connectivity index (χ3n) is 6.01. The zero-order valence-electron chi connectivity index (χ0n) is 20.1. The van der Waals surface area contributed by atoms with Gasteiger partial charge in [-0.15, -0.1) is 11.3 Å². The van der Waals surface area contributed by atoms with E-state index >= 15 is 0 Å². The second kappa shape index (κ2) is 13.1. The Kier molecular flexibility index (Phi) is 9.40. The number of carbonyl (C=O) groups is 3. The molecule has 0 radical (unpaired) electrons. The summed E-state index contributed by atoms with van der Waals surface area (Å²) in [5, 5.41) is 6.03. The van der Waals surface area contributed by atoms with Gasteiger partial charge in [0.2, 0.25) is 11.7 Å². The number of para-hydroxylation sites is 1. The molecule has 2 amide bonds. The molecule has 1 aliphatic rings. The lowest BCUT2D eigenvalue weighted by atomic mass is 10.0. The lowest BCUT2D eigenvalue weighted by Crippen LogP contribution is -2.47. The first-order chi connectivity index (χ1) is 17.6. The highest BCUT2D eigenvalue weighted by atomic mass is 32.1. The predicted octanol–water partition coefficient (Wildman–Crippen LogP) is 4.63. The Morgan fingerprint density at radius 2 is 1.86 bits per heavy atom. The van der Waals surface area contributed by atoms with Crippen LogP contribution >= 0.6 is 11.3 Å². The minimum absolute atomic E-state index is 0.199. The molecule has 1 fully saturated rings. The molecule has 2 N–H and O–H groups in total. The Hall–Kier alpha value is -3.30. The summed E-state index contributed by atoms with van der Waals surface area (Å²) in [5.74, 6) is -0.452. The average Bonchev–Trinajstić information content (AvgIpc) is 3.36. The number of nitrogens with zero attached hydrogens (tertiary/aromatic N) is 1. The van der Waals surface area contributed by atoms with Gasteiger partial charge >= 0.3 is 6.09 Å². The van der Waals surface area contributed by atoms with Crippen molar-refractivity contribution < 1.29 is 23.9 Å². The quantitative estimate of drug-likeness (QED) is 0.288. The van der Waals surface area contributed by atoms with Crippen LogP contribution in [0.4, 0.5) is 4.79 Å². The number of hydrogen-bond donors (Lipinski definition) is 2. The standard InChI is InChI=1S/C27H31N3O5S/c31-24(26-30-20-12-4-5-15-23(20)36-26)21(29-25(32)22-14-7-9-17-34-22)13-6-8-16-28-27(33)35-18-19-10-2-1-3-11-19/h1-5,10-12,15,21-22H,6-9,13-14,16-18H2,(H,28,33)(H,29,32)/t21-,22?/m0/s1. The monoisotopic (exact) mass is 509 g/mol. The van der Waals surface area contributed by atoms with Crippen molar-refractivity contribution in [2.75, 3.05) is 13.2 Å². The largest absolute Gasteiger partial charge is 0.445 e. The molecular formula is C27H31N3O5S. The molecule has 2 aromatic carbocycles. The second-order valence-corrected chi connectivity index (χ2v) is 9.78. The van der Waals surface area contributed by atoms with Gasteiger partial charge < -0.3 is 20.1 Å². The highest BCUT2D eigenvalue weighted by Crippen LogP contribution is 2.24.